The van der Waals surface area contributed by atoms with Crippen molar-refractivity contribution in [2.24, 2.45) is 5.41 Å². The summed E-state index contributed by atoms with van der Waals surface area (Å²) in [7, 11) is 0. The standard InChI is InChI=1S/C28H46N2/c1-3-5-7-9-11-14-21-28(22-15-12-10-8-6-4-2)23-16-13-19-25(28)24-18-17-20-26(29)27(24)30/h13,16-20H,3-12,14-15,21-23,29-30H2,1-2H3. The Morgan fingerprint density at radius 3 is 1.93 bits per heavy atom. The Labute approximate surface area is 186 Å². The monoisotopic (exact) mass is 410 g/mol. The summed E-state index contributed by atoms with van der Waals surface area (Å²) in [6, 6.07) is 6.15. The van der Waals surface area contributed by atoms with E-state index in [2.05, 4.69) is 44.2 Å². The van der Waals surface area contributed by atoms with E-state index in [9.17, 15) is 0 Å². The third-order valence-electron chi connectivity index (χ3n) is 6.93. The van der Waals surface area contributed by atoms with Crippen LogP contribution in [0.4, 0.5) is 11.4 Å². The third-order valence-corrected chi connectivity index (χ3v) is 6.93. The molecule has 0 amide bonds. The lowest BCUT2D eigenvalue weighted by molar-refractivity contribution is 0.311. The van der Waals surface area contributed by atoms with Crippen molar-refractivity contribution in [1.82, 2.24) is 0 Å². The molecule has 0 spiro atoms. The van der Waals surface area contributed by atoms with Crippen LogP contribution < -0.4 is 11.5 Å². The molecule has 168 valence electrons. The molecule has 4 N–H and O–H groups in total. The van der Waals surface area contributed by atoms with Crippen molar-refractivity contribution in [3.63, 3.8) is 0 Å². The molecule has 0 saturated heterocycles. The van der Waals surface area contributed by atoms with Gasteiger partial charge in [-0.05, 0) is 36.3 Å². The van der Waals surface area contributed by atoms with Gasteiger partial charge in [0.2, 0.25) is 0 Å². The van der Waals surface area contributed by atoms with Crippen LogP contribution in [-0.4, -0.2) is 0 Å². The van der Waals surface area contributed by atoms with Gasteiger partial charge in [0.05, 0.1) is 11.4 Å². The number of para-hydroxylation sites is 1. The van der Waals surface area contributed by atoms with Crippen LogP contribution in [0.2, 0.25) is 0 Å². The molecule has 0 aliphatic heterocycles. The first-order valence-electron chi connectivity index (χ1n) is 12.7. The van der Waals surface area contributed by atoms with Gasteiger partial charge in [0.25, 0.3) is 0 Å². The summed E-state index contributed by atoms with van der Waals surface area (Å²) in [6.07, 6.45) is 26.8. The zero-order valence-corrected chi connectivity index (χ0v) is 19.7. The number of anilines is 2. The number of nitrogens with two attached hydrogens (primary N) is 2. The van der Waals surface area contributed by atoms with E-state index in [4.69, 9.17) is 11.5 Å². The molecule has 2 rings (SSSR count). The Morgan fingerprint density at radius 1 is 0.767 bits per heavy atom. The fourth-order valence-electron chi connectivity index (χ4n) is 5.02. The van der Waals surface area contributed by atoms with E-state index in [0.29, 0.717) is 5.69 Å². The van der Waals surface area contributed by atoms with Crippen LogP contribution in [0, 0.1) is 5.41 Å². The SMILES string of the molecule is CCCCCCCCC1(CCCCCCCC)CC=CC=C1c1cccc(N)c1N. The van der Waals surface area contributed by atoms with Crippen LogP contribution in [0.1, 0.15) is 116 Å². The van der Waals surface area contributed by atoms with Gasteiger partial charge in [0.15, 0.2) is 0 Å². The van der Waals surface area contributed by atoms with Crippen molar-refractivity contribution < 1.29 is 0 Å². The fraction of sp³-hybridized carbons (Fsp3) is 0.643. The maximum absolute atomic E-state index is 6.46. The summed E-state index contributed by atoms with van der Waals surface area (Å²) in [5.74, 6) is 0. The predicted octanol–water partition coefficient (Wildman–Crippen LogP) is 8.68. The van der Waals surface area contributed by atoms with Crippen molar-refractivity contribution in [1.29, 1.82) is 0 Å². The van der Waals surface area contributed by atoms with Gasteiger partial charge in [0.1, 0.15) is 0 Å². The smallest absolute Gasteiger partial charge is 0.0624 e. The van der Waals surface area contributed by atoms with Gasteiger partial charge in [-0.15, -0.1) is 0 Å². The molecule has 0 aromatic heterocycles. The molecule has 1 aromatic carbocycles. The van der Waals surface area contributed by atoms with Crippen molar-refractivity contribution >= 4 is 16.9 Å². The lowest BCUT2D eigenvalue weighted by Crippen LogP contribution is -2.25. The summed E-state index contributed by atoms with van der Waals surface area (Å²) < 4.78 is 0. The first-order chi connectivity index (χ1) is 14.6. The van der Waals surface area contributed by atoms with Crippen molar-refractivity contribution in [2.75, 3.05) is 11.5 Å². The number of benzene rings is 1. The van der Waals surface area contributed by atoms with E-state index in [1.165, 1.54) is 95.5 Å². The Bertz CT molecular complexity index is 655. The molecule has 1 aromatic rings. The van der Waals surface area contributed by atoms with Crippen molar-refractivity contribution in [3.8, 4) is 0 Å². The molecule has 0 fully saturated rings. The maximum atomic E-state index is 6.46. The molecule has 0 atom stereocenters. The van der Waals surface area contributed by atoms with Gasteiger partial charge in [-0.25, -0.2) is 0 Å². The highest BCUT2D eigenvalue weighted by molar-refractivity contribution is 5.85. The van der Waals surface area contributed by atoms with Crippen molar-refractivity contribution in [3.05, 3.63) is 42.0 Å². The molecule has 0 heterocycles. The fourth-order valence-corrected chi connectivity index (χ4v) is 5.02. The topological polar surface area (TPSA) is 52.0 Å². The highest BCUT2D eigenvalue weighted by Gasteiger charge is 2.35. The van der Waals surface area contributed by atoms with Gasteiger partial charge < -0.3 is 11.5 Å². The number of rotatable bonds is 15. The zero-order chi connectivity index (χ0) is 21.7. The van der Waals surface area contributed by atoms with Crippen molar-refractivity contribution in [2.45, 2.75) is 110 Å². The van der Waals surface area contributed by atoms with Gasteiger partial charge in [-0.2, -0.15) is 0 Å². The van der Waals surface area contributed by atoms with Crippen LogP contribution in [-0.2, 0) is 0 Å². The summed E-state index contributed by atoms with van der Waals surface area (Å²) >= 11 is 0. The Morgan fingerprint density at radius 2 is 1.33 bits per heavy atom. The van der Waals surface area contributed by atoms with E-state index in [-0.39, 0.29) is 5.41 Å². The molecule has 2 nitrogen and oxygen atoms in total. The summed E-state index contributed by atoms with van der Waals surface area (Å²) in [5, 5.41) is 0. The summed E-state index contributed by atoms with van der Waals surface area (Å²) in [4.78, 5) is 0. The molecular weight excluding hydrogens is 364 g/mol. The second kappa shape index (κ2) is 13.6. The molecule has 0 bridgehead atoms. The van der Waals surface area contributed by atoms with E-state index < -0.39 is 0 Å². The first-order valence-corrected chi connectivity index (χ1v) is 12.7. The van der Waals surface area contributed by atoms with Crippen LogP contribution in [0.15, 0.2) is 36.4 Å². The highest BCUT2D eigenvalue weighted by atomic mass is 14.7. The Balaban J connectivity index is 2.12. The van der Waals surface area contributed by atoms with E-state index >= 15 is 0 Å². The van der Waals surface area contributed by atoms with Gasteiger partial charge >= 0.3 is 0 Å². The second-order valence-corrected chi connectivity index (χ2v) is 9.34. The molecule has 2 heteroatoms. The zero-order valence-electron chi connectivity index (χ0n) is 19.7. The summed E-state index contributed by atoms with van der Waals surface area (Å²) in [6.45, 7) is 4.58. The molecule has 1 aliphatic rings. The third kappa shape index (κ3) is 7.22. The minimum Gasteiger partial charge on any atom is -0.397 e. The summed E-state index contributed by atoms with van der Waals surface area (Å²) in [5.41, 5.74) is 16.9. The van der Waals surface area contributed by atoms with Gasteiger partial charge in [0, 0.05) is 5.56 Å². The number of nitrogen functional groups attached to an aromatic ring is 2. The Kier molecular flexibility index (Phi) is 11.1. The average molecular weight is 411 g/mol. The second-order valence-electron chi connectivity index (χ2n) is 9.34. The number of unbranched alkanes of at least 4 members (excludes halogenated alkanes) is 10. The molecule has 1 aliphatic carbocycles. The lowest BCUT2D eigenvalue weighted by Gasteiger charge is -2.39. The lowest BCUT2D eigenvalue weighted by atomic mass is 9.66. The first kappa shape index (κ1) is 24.6. The van der Waals surface area contributed by atoms with Crippen LogP contribution in [0.5, 0.6) is 0 Å². The quantitative estimate of drug-likeness (QED) is 0.224. The van der Waals surface area contributed by atoms with E-state index in [0.717, 1.165) is 17.7 Å². The molecule has 0 saturated carbocycles. The maximum Gasteiger partial charge on any atom is 0.0624 e. The molecule has 30 heavy (non-hydrogen) atoms. The number of allylic oxidation sites excluding steroid dienone is 4. The normalized spacial score (nSPS) is 15.3. The van der Waals surface area contributed by atoms with Gasteiger partial charge in [-0.1, -0.05) is 121 Å². The highest BCUT2D eigenvalue weighted by Crippen LogP contribution is 2.50. The molecule has 0 radical (unpaired) electrons. The van der Waals surface area contributed by atoms with E-state index in [1.54, 1.807) is 0 Å². The molecular formula is C28H46N2. The average Bonchev–Trinajstić information content (AvgIpc) is 2.76. The van der Waals surface area contributed by atoms with Crippen LogP contribution in [0.25, 0.3) is 5.57 Å². The van der Waals surface area contributed by atoms with Crippen LogP contribution in [0.3, 0.4) is 0 Å². The molecule has 0 unspecified atom stereocenters. The van der Waals surface area contributed by atoms with Gasteiger partial charge in [-0.3, -0.25) is 0 Å². The predicted molar refractivity (Wildman–Crippen MR) is 135 cm³/mol. The minimum atomic E-state index is 0.214. The number of hydrogen-bond donors (Lipinski definition) is 2. The van der Waals surface area contributed by atoms with E-state index in [1.807, 2.05) is 6.07 Å². The minimum absolute atomic E-state index is 0.214. The van der Waals surface area contributed by atoms with Crippen LogP contribution >= 0.6 is 0 Å². The largest absolute Gasteiger partial charge is 0.397 e. The number of hydrogen-bond acceptors (Lipinski definition) is 2. The Hall–Kier alpha value is -1.70.